The van der Waals surface area contributed by atoms with E-state index in [-0.39, 0.29) is 12.7 Å². The first-order valence-electron chi connectivity index (χ1n) is 8.43. The van der Waals surface area contributed by atoms with Crippen molar-refractivity contribution in [1.29, 1.82) is 0 Å². The van der Waals surface area contributed by atoms with Crippen LogP contribution < -0.4 is 11.4 Å². The SMILES string of the molecule is CCc1ccc(C(=O)OC[C@@H]2CC[C@H](n3cc(F)c(N)nc3=O)O2)cc1. The number of hydrogen-bond donors (Lipinski definition) is 1. The number of anilines is 1. The molecule has 0 amide bonds. The minimum Gasteiger partial charge on any atom is -0.459 e. The molecular weight excluding hydrogens is 341 g/mol. The Hall–Kier alpha value is -2.74. The van der Waals surface area contributed by atoms with Crippen LogP contribution >= 0.6 is 0 Å². The first-order valence-corrected chi connectivity index (χ1v) is 8.43. The zero-order valence-corrected chi connectivity index (χ0v) is 14.4. The number of aromatic nitrogens is 2. The maximum atomic E-state index is 13.5. The third-order valence-electron chi connectivity index (χ3n) is 4.33. The van der Waals surface area contributed by atoms with Gasteiger partial charge in [0.25, 0.3) is 0 Å². The molecule has 3 rings (SSSR count). The molecule has 138 valence electrons. The predicted molar refractivity (Wildman–Crippen MR) is 92.1 cm³/mol. The van der Waals surface area contributed by atoms with Crippen LogP contribution in [0.15, 0.2) is 35.3 Å². The second kappa shape index (κ2) is 7.65. The molecule has 0 saturated carbocycles. The summed E-state index contributed by atoms with van der Waals surface area (Å²) in [4.78, 5) is 27.3. The third-order valence-corrected chi connectivity index (χ3v) is 4.33. The van der Waals surface area contributed by atoms with Crippen molar-refractivity contribution in [2.45, 2.75) is 38.5 Å². The van der Waals surface area contributed by atoms with Crippen molar-refractivity contribution in [3.05, 3.63) is 57.9 Å². The van der Waals surface area contributed by atoms with Gasteiger partial charge in [0.15, 0.2) is 11.6 Å². The Morgan fingerprint density at radius 1 is 1.38 bits per heavy atom. The number of halogens is 1. The Morgan fingerprint density at radius 2 is 2.12 bits per heavy atom. The second-order valence-electron chi connectivity index (χ2n) is 6.10. The number of nitrogens with two attached hydrogens (primary N) is 1. The molecule has 2 N–H and O–H groups in total. The summed E-state index contributed by atoms with van der Waals surface area (Å²) in [6.07, 6.45) is 1.92. The van der Waals surface area contributed by atoms with E-state index < -0.39 is 29.5 Å². The Labute approximate surface area is 149 Å². The van der Waals surface area contributed by atoms with E-state index in [9.17, 15) is 14.0 Å². The van der Waals surface area contributed by atoms with Crippen LogP contribution in [0.2, 0.25) is 0 Å². The number of rotatable bonds is 5. The van der Waals surface area contributed by atoms with Crippen molar-refractivity contribution in [3.8, 4) is 0 Å². The Balaban J connectivity index is 1.57. The van der Waals surface area contributed by atoms with Gasteiger partial charge in [-0.25, -0.2) is 14.0 Å². The number of benzene rings is 1. The van der Waals surface area contributed by atoms with E-state index in [4.69, 9.17) is 15.2 Å². The van der Waals surface area contributed by atoms with Gasteiger partial charge in [-0.2, -0.15) is 4.98 Å². The summed E-state index contributed by atoms with van der Waals surface area (Å²) >= 11 is 0. The second-order valence-corrected chi connectivity index (χ2v) is 6.10. The largest absolute Gasteiger partial charge is 0.459 e. The highest BCUT2D eigenvalue weighted by molar-refractivity contribution is 5.89. The topological polar surface area (TPSA) is 96.4 Å². The predicted octanol–water partition coefficient (Wildman–Crippen LogP) is 2.06. The first kappa shape index (κ1) is 18.1. The van der Waals surface area contributed by atoms with Crippen molar-refractivity contribution in [1.82, 2.24) is 9.55 Å². The summed E-state index contributed by atoms with van der Waals surface area (Å²) in [7, 11) is 0. The molecule has 8 heteroatoms. The summed E-state index contributed by atoms with van der Waals surface area (Å²) in [5.74, 6) is -1.65. The van der Waals surface area contributed by atoms with E-state index in [1.54, 1.807) is 12.1 Å². The van der Waals surface area contributed by atoms with Crippen LogP contribution in [-0.4, -0.2) is 28.2 Å². The van der Waals surface area contributed by atoms with Crippen LogP contribution in [0, 0.1) is 5.82 Å². The number of carbonyl (C=O) groups is 1. The minimum absolute atomic E-state index is 0.0600. The van der Waals surface area contributed by atoms with E-state index in [0.717, 1.165) is 22.7 Å². The van der Waals surface area contributed by atoms with Crippen LogP contribution in [0.25, 0.3) is 0 Å². The molecule has 0 spiro atoms. The molecule has 0 bridgehead atoms. The smallest absolute Gasteiger partial charge is 0.351 e. The lowest BCUT2D eigenvalue weighted by Gasteiger charge is -2.16. The summed E-state index contributed by atoms with van der Waals surface area (Å²) in [6.45, 7) is 2.10. The van der Waals surface area contributed by atoms with E-state index in [0.29, 0.717) is 18.4 Å². The number of ether oxygens (including phenoxy) is 2. The molecule has 1 aromatic carbocycles. The normalized spacial score (nSPS) is 19.5. The molecule has 0 unspecified atom stereocenters. The number of carbonyl (C=O) groups excluding carboxylic acids is 1. The van der Waals surface area contributed by atoms with Gasteiger partial charge in [-0.05, 0) is 37.0 Å². The molecule has 7 nitrogen and oxygen atoms in total. The number of esters is 1. The van der Waals surface area contributed by atoms with Gasteiger partial charge in [-0.3, -0.25) is 4.57 Å². The summed E-state index contributed by atoms with van der Waals surface area (Å²) < 4.78 is 25.6. The van der Waals surface area contributed by atoms with Crippen molar-refractivity contribution in [2.24, 2.45) is 0 Å². The molecular formula is C18H20FN3O4. The van der Waals surface area contributed by atoms with E-state index in [1.807, 2.05) is 19.1 Å². The minimum atomic E-state index is -0.779. The average molecular weight is 361 g/mol. The highest BCUT2D eigenvalue weighted by Crippen LogP contribution is 2.27. The molecule has 0 aliphatic carbocycles. The van der Waals surface area contributed by atoms with Crippen molar-refractivity contribution in [2.75, 3.05) is 12.3 Å². The Kier molecular flexibility index (Phi) is 5.32. The fourth-order valence-corrected chi connectivity index (χ4v) is 2.81. The lowest BCUT2D eigenvalue weighted by Crippen LogP contribution is -2.29. The number of nitrogens with zero attached hydrogens (tertiary/aromatic N) is 2. The summed E-state index contributed by atoms with van der Waals surface area (Å²) in [5, 5.41) is 0. The zero-order valence-electron chi connectivity index (χ0n) is 14.4. The van der Waals surface area contributed by atoms with Gasteiger partial charge in [-0.15, -0.1) is 0 Å². The molecule has 1 aliphatic rings. The Bertz CT molecular complexity index is 851. The monoisotopic (exact) mass is 361 g/mol. The molecule has 1 aromatic heterocycles. The quantitative estimate of drug-likeness (QED) is 0.819. The molecule has 1 fully saturated rings. The molecule has 0 radical (unpaired) electrons. The van der Waals surface area contributed by atoms with Crippen LogP contribution in [0.3, 0.4) is 0 Å². The van der Waals surface area contributed by atoms with E-state index in [1.165, 1.54) is 0 Å². The van der Waals surface area contributed by atoms with E-state index >= 15 is 0 Å². The summed E-state index contributed by atoms with van der Waals surface area (Å²) in [6, 6.07) is 7.21. The highest BCUT2D eigenvalue weighted by Gasteiger charge is 2.29. The first-order chi connectivity index (χ1) is 12.5. The standard InChI is InChI=1S/C18H20FN3O4/c1-2-11-3-5-12(6-4-11)17(23)25-10-13-7-8-15(26-13)22-9-14(19)16(20)21-18(22)24/h3-6,9,13,15H,2,7-8,10H2,1H3,(H2,20,21,24)/t13-,15+/m0/s1. The number of nitrogen functional groups attached to an aromatic ring is 1. The lowest BCUT2D eigenvalue weighted by atomic mass is 10.1. The van der Waals surface area contributed by atoms with Crippen LogP contribution in [0.1, 0.15) is 41.9 Å². The van der Waals surface area contributed by atoms with E-state index in [2.05, 4.69) is 4.98 Å². The molecule has 2 heterocycles. The average Bonchev–Trinajstić information content (AvgIpc) is 3.11. The van der Waals surface area contributed by atoms with Crippen LogP contribution in [0.4, 0.5) is 10.2 Å². The van der Waals surface area contributed by atoms with Gasteiger partial charge in [0.2, 0.25) is 0 Å². The summed E-state index contributed by atoms with van der Waals surface area (Å²) in [5.41, 5.74) is 6.20. The molecule has 1 aliphatic heterocycles. The molecule has 2 aromatic rings. The maximum absolute atomic E-state index is 13.5. The van der Waals surface area contributed by atoms with Gasteiger partial charge >= 0.3 is 11.7 Å². The number of hydrogen-bond acceptors (Lipinski definition) is 6. The zero-order chi connectivity index (χ0) is 18.7. The van der Waals surface area contributed by atoms with Crippen molar-refractivity contribution < 1.29 is 18.7 Å². The van der Waals surface area contributed by atoms with Gasteiger partial charge in [0.05, 0.1) is 17.9 Å². The fraction of sp³-hybridized carbons (Fsp3) is 0.389. The maximum Gasteiger partial charge on any atom is 0.351 e. The Morgan fingerprint density at radius 3 is 2.81 bits per heavy atom. The molecule has 1 saturated heterocycles. The van der Waals surface area contributed by atoms with Crippen LogP contribution in [-0.2, 0) is 15.9 Å². The fourth-order valence-electron chi connectivity index (χ4n) is 2.81. The van der Waals surface area contributed by atoms with Crippen molar-refractivity contribution >= 4 is 11.8 Å². The molecule has 26 heavy (non-hydrogen) atoms. The molecule has 2 atom stereocenters. The van der Waals surface area contributed by atoms with Gasteiger partial charge in [0.1, 0.15) is 12.8 Å². The van der Waals surface area contributed by atoms with Crippen LogP contribution in [0.5, 0.6) is 0 Å². The highest BCUT2D eigenvalue weighted by atomic mass is 19.1. The van der Waals surface area contributed by atoms with Gasteiger partial charge < -0.3 is 15.2 Å². The van der Waals surface area contributed by atoms with Gasteiger partial charge in [-0.1, -0.05) is 19.1 Å². The van der Waals surface area contributed by atoms with Crippen molar-refractivity contribution in [3.63, 3.8) is 0 Å². The number of aryl methyl sites for hydroxylation is 1. The third kappa shape index (κ3) is 3.91. The van der Waals surface area contributed by atoms with Gasteiger partial charge in [0, 0.05) is 0 Å². The lowest BCUT2D eigenvalue weighted by molar-refractivity contribution is -0.0342.